The average Bonchev–Trinajstić information content (AvgIpc) is 2.51. The Labute approximate surface area is 83.6 Å². The largest absolute Gasteiger partial charge is 0.320 e. The highest BCUT2D eigenvalue weighted by molar-refractivity contribution is 7.09. The first-order valence-electron chi connectivity index (χ1n) is 4.59. The Morgan fingerprint density at radius 2 is 2.31 bits per heavy atom. The number of hydrogen-bond donors (Lipinski definition) is 2. The first-order valence-corrected chi connectivity index (χ1v) is 5.47. The molecule has 0 bridgehead atoms. The molecule has 0 aromatic carbocycles. The summed E-state index contributed by atoms with van der Waals surface area (Å²) in [5.41, 5.74) is 1.16. The third-order valence-corrected chi connectivity index (χ3v) is 2.58. The zero-order chi connectivity index (χ0) is 9.52. The summed E-state index contributed by atoms with van der Waals surface area (Å²) in [4.78, 5) is 4.37. The standard InChI is InChI=1S/C9H17N3S/c1-8-12-9(7-13-8)6-11-5-3-4-10-2/h7,10-11H,3-6H2,1-2H3. The van der Waals surface area contributed by atoms with Crippen LogP contribution in [0.5, 0.6) is 0 Å². The molecular weight excluding hydrogens is 182 g/mol. The molecule has 0 aliphatic heterocycles. The third kappa shape index (κ3) is 4.36. The highest BCUT2D eigenvalue weighted by Gasteiger charge is 1.96. The Hall–Kier alpha value is -0.450. The molecule has 1 aromatic heterocycles. The van der Waals surface area contributed by atoms with Gasteiger partial charge in [-0.05, 0) is 33.5 Å². The topological polar surface area (TPSA) is 37.0 Å². The van der Waals surface area contributed by atoms with Crippen molar-refractivity contribution in [3.05, 3.63) is 16.1 Å². The lowest BCUT2D eigenvalue weighted by atomic mass is 10.4. The number of nitrogens with one attached hydrogen (secondary N) is 2. The van der Waals surface area contributed by atoms with E-state index in [9.17, 15) is 0 Å². The Kier molecular flexibility index (Phi) is 4.97. The molecule has 0 fully saturated rings. The molecule has 0 spiro atoms. The van der Waals surface area contributed by atoms with Crippen LogP contribution in [0.25, 0.3) is 0 Å². The minimum atomic E-state index is 0.897. The molecule has 1 rings (SSSR count). The molecule has 0 saturated heterocycles. The number of aryl methyl sites for hydroxylation is 1. The Morgan fingerprint density at radius 3 is 2.92 bits per heavy atom. The molecule has 2 N–H and O–H groups in total. The van der Waals surface area contributed by atoms with Gasteiger partial charge in [-0.3, -0.25) is 0 Å². The molecule has 13 heavy (non-hydrogen) atoms. The van der Waals surface area contributed by atoms with Crippen molar-refractivity contribution >= 4 is 11.3 Å². The smallest absolute Gasteiger partial charge is 0.0897 e. The van der Waals surface area contributed by atoms with E-state index in [1.165, 1.54) is 6.42 Å². The third-order valence-electron chi connectivity index (χ3n) is 1.75. The van der Waals surface area contributed by atoms with Crippen molar-refractivity contribution in [2.75, 3.05) is 20.1 Å². The molecule has 74 valence electrons. The summed E-state index contributed by atoms with van der Waals surface area (Å²) in [5, 5.41) is 9.73. The van der Waals surface area contributed by atoms with E-state index in [-0.39, 0.29) is 0 Å². The van der Waals surface area contributed by atoms with Gasteiger partial charge in [-0.25, -0.2) is 4.98 Å². The Balaban J connectivity index is 2.06. The van der Waals surface area contributed by atoms with Gasteiger partial charge in [0.2, 0.25) is 0 Å². The van der Waals surface area contributed by atoms with Crippen LogP contribution in [0.3, 0.4) is 0 Å². The highest BCUT2D eigenvalue weighted by Crippen LogP contribution is 2.06. The van der Waals surface area contributed by atoms with Gasteiger partial charge in [-0.15, -0.1) is 11.3 Å². The zero-order valence-corrected chi connectivity index (χ0v) is 9.08. The van der Waals surface area contributed by atoms with Gasteiger partial charge in [0, 0.05) is 11.9 Å². The minimum Gasteiger partial charge on any atom is -0.320 e. The number of rotatable bonds is 6. The monoisotopic (exact) mass is 199 g/mol. The van der Waals surface area contributed by atoms with Crippen molar-refractivity contribution in [2.24, 2.45) is 0 Å². The maximum absolute atomic E-state index is 4.37. The summed E-state index contributed by atoms with van der Waals surface area (Å²) in [6.45, 7) is 5.06. The minimum absolute atomic E-state index is 0.897. The van der Waals surface area contributed by atoms with Crippen molar-refractivity contribution in [2.45, 2.75) is 19.9 Å². The SMILES string of the molecule is CNCCCNCc1csc(C)n1. The molecule has 0 aliphatic carbocycles. The van der Waals surface area contributed by atoms with Crippen molar-refractivity contribution in [3.63, 3.8) is 0 Å². The van der Waals surface area contributed by atoms with Gasteiger partial charge >= 0.3 is 0 Å². The predicted octanol–water partition coefficient (Wildman–Crippen LogP) is 1.15. The normalized spacial score (nSPS) is 10.6. The van der Waals surface area contributed by atoms with Gasteiger partial charge in [-0.2, -0.15) is 0 Å². The maximum Gasteiger partial charge on any atom is 0.0897 e. The lowest BCUT2D eigenvalue weighted by molar-refractivity contribution is 0.620. The number of nitrogens with zero attached hydrogens (tertiary/aromatic N) is 1. The number of thiazole rings is 1. The first-order chi connectivity index (χ1) is 6.33. The van der Waals surface area contributed by atoms with Crippen molar-refractivity contribution < 1.29 is 0 Å². The van der Waals surface area contributed by atoms with E-state index in [1.807, 2.05) is 14.0 Å². The van der Waals surface area contributed by atoms with E-state index in [2.05, 4.69) is 21.0 Å². The molecule has 1 aromatic rings. The lowest BCUT2D eigenvalue weighted by Gasteiger charge is -2.01. The fraction of sp³-hybridized carbons (Fsp3) is 0.667. The van der Waals surface area contributed by atoms with Gasteiger partial charge in [0.15, 0.2) is 0 Å². The summed E-state index contributed by atoms with van der Waals surface area (Å²) >= 11 is 1.71. The van der Waals surface area contributed by atoms with Crippen LogP contribution in [0.4, 0.5) is 0 Å². The molecule has 0 saturated carbocycles. The van der Waals surface area contributed by atoms with Gasteiger partial charge < -0.3 is 10.6 Å². The van der Waals surface area contributed by atoms with Gasteiger partial charge in [0.1, 0.15) is 0 Å². The molecule has 3 nitrogen and oxygen atoms in total. The second-order valence-corrected chi connectivity index (χ2v) is 4.05. The van der Waals surface area contributed by atoms with Crippen molar-refractivity contribution in [1.82, 2.24) is 15.6 Å². The van der Waals surface area contributed by atoms with E-state index in [0.29, 0.717) is 0 Å². The zero-order valence-electron chi connectivity index (χ0n) is 8.26. The first kappa shape index (κ1) is 10.6. The van der Waals surface area contributed by atoms with Gasteiger partial charge in [0.05, 0.1) is 10.7 Å². The van der Waals surface area contributed by atoms with E-state index < -0.39 is 0 Å². The Morgan fingerprint density at radius 1 is 1.46 bits per heavy atom. The van der Waals surface area contributed by atoms with E-state index in [0.717, 1.165) is 30.3 Å². The molecule has 0 amide bonds. The van der Waals surface area contributed by atoms with Crippen LogP contribution in [0.15, 0.2) is 5.38 Å². The fourth-order valence-corrected chi connectivity index (χ4v) is 1.71. The van der Waals surface area contributed by atoms with Crippen LogP contribution >= 0.6 is 11.3 Å². The van der Waals surface area contributed by atoms with Crippen molar-refractivity contribution in [1.29, 1.82) is 0 Å². The van der Waals surface area contributed by atoms with Crippen LogP contribution in [0.1, 0.15) is 17.1 Å². The summed E-state index contributed by atoms with van der Waals surface area (Å²) in [7, 11) is 1.98. The van der Waals surface area contributed by atoms with Gasteiger partial charge in [-0.1, -0.05) is 0 Å². The summed E-state index contributed by atoms with van der Waals surface area (Å²) in [6.07, 6.45) is 1.17. The molecule has 0 atom stereocenters. The average molecular weight is 199 g/mol. The van der Waals surface area contributed by atoms with E-state index >= 15 is 0 Å². The number of aromatic nitrogens is 1. The molecule has 0 aliphatic rings. The van der Waals surface area contributed by atoms with Crippen molar-refractivity contribution in [3.8, 4) is 0 Å². The molecule has 0 radical (unpaired) electrons. The number of hydrogen-bond acceptors (Lipinski definition) is 4. The predicted molar refractivity (Wildman–Crippen MR) is 57.1 cm³/mol. The van der Waals surface area contributed by atoms with Crippen LogP contribution in [-0.4, -0.2) is 25.1 Å². The van der Waals surface area contributed by atoms with E-state index in [4.69, 9.17) is 0 Å². The molecule has 0 unspecified atom stereocenters. The van der Waals surface area contributed by atoms with Crippen LogP contribution in [0.2, 0.25) is 0 Å². The maximum atomic E-state index is 4.37. The second kappa shape index (κ2) is 6.07. The molecule has 1 heterocycles. The fourth-order valence-electron chi connectivity index (χ4n) is 1.10. The Bertz CT molecular complexity index is 235. The lowest BCUT2D eigenvalue weighted by Crippen LogP contribution is -2.19. The summed E-state index contributed by atoms with van der Waals surface area (Å²) in [6, 6.07) is 0. The van der Waals surface area contributed by atoms with Crippen LogP contribution < -0.4 is 10.6 Å². The second-order valence-electron chi connectivity index (χ2n) is 2.99. The molecule has 4 heteroatoms. The highest BCUT2D eigenvalue weighted by atomic mass is 32.1. The quantitative estimate of drug-likeness (QED) is 0.675. The van der Waals surface area contributed by atoms with Gasteiger partial charge in [0.25, 0.3) is 0 Å². The van der Waals surface area contributed by atoms with E-state index in [1.54, 1.807) is 11.3 Å². The molecular formula is C9H17N3S. The van der Waals surface area contributed by atoms with Crippen LogP contribution in [-0.2, 0) is 6.54 Å². The van der Waals surface area contributed by atoms with Crippen LogP contribution in [0, 0.1) is 6.92 Å². The summed E-state index contributed by atoms with van der Waals surface area (Å²) in [5.74, 6) is 0. The summed E-state index contributed by atoms with van der Waals surface area (Å²) < 4.78 is 0.